The lowest BCUT2D eigenvalue weighted by Crippen LogP contribution is -2.17. The second kappa shape index (κ2) is 7.80. The van der Waals surface area contributed by atoms with Crippen LogP contribution in [0.25, 0.3) is 0 Å². The van der Waals surface area contributed by atoms with Gasteiger partial charge in [-0.1, -0.05) is 12.8 Å². The van der Waals surface area contributed by atoms with E-state index < -0.39 is 0 Å². The van der Waals surface area contributed by atoms with Gasteiger partial charge < -0.3 is 10.1 Å². The van der Waals surface area contributed by atoms with Crippen LogP contribution in [0.1, 0.15) is 46.5 Å². The molecule has 0 aromatic carbocycles. The molecule has 84 valence electrons. The van der Waals surface area contributed by atoms with Gasteiger partial charge in [0.15, 0.2) is 0 Å². The molecule has 1 saturated heterocycles. The molecular weight excluding hydrogens is 178 g/mol. The van der Waals surface area contributed by atoms with Crippen LogP contribution in [-0.4, -0.2) is 25.2 Å². The summed E-state index contributed by atoms with van der Waals surface area (Å²) in [6.45, 7) is 8.42. The summed E-state index contributed by atoms with van der Waals surface area (Å²) < 4.78 is 4.55. The van der Waals surface area contributed by atoms with E-state index in [4.69, 9.17) is 0 Å². The highest BCUT2D eigenvalue weighted by molar-refractivity contribution is 5.37. The molecule has 0 spiro atoms. The van der Waals surface area contributed by atoms with Crippen molar-refractivity contribution in [3.05, 3.63) is 0 Å². The number of ether oxygens (including phenoxy) is 1. The second-order valence-corrected chi connectivity index (χ2v) is 4.49. The van der Waals surface area contributed by atoms with Gasteiger partial charge in [0, 0.05) is 0 Å². The number of hydrogen-bond donors (Lipinski definition) is 1. The smallest absolute Gasteiger partial charge is 0.293 e. The van der Waals surface area contributed by atoms with Crippen LogP contribution in [0.4, 0.5) is 0 Å². The normalized spacial score (nSPS) is 17.4. The molecule has 1 heterocycles. The van der Waals surface area contributed by atoms with E-state index in [-0.39, 0.29) is 5.60 Å². The van der Waals surface area contributed by atoms with Crippen molar-refractivity contribution in [2.24, 2.45) is 0 Å². The number of hydrogen-bond acceptors (Lipinski definition) is 3. The fraction of sp³-hybridized carbons (Fsp3) is 0.909. The third kappa shape index (κ3) is 11.4. The summed E-state index contributed by atoms with van der Waals surface area (Å²) in [6.07, 6.45) is 5.65. The highest BCUT2D eigenvalue weighted by atomic mass is 16.5. The summed E-state index contributed by atoms with van der Waals surface area (Å²) >= 11 is 0. The van der Waals surface area contributed by atoms with Gasteiger partial charge in [0.25, 0.3) is 6.47 Å². The Balaban J connectivity index is 0.000000241. The van der Waals surface area contributed by atoms with Crippen molar-refractivity contribution in [3.8, 4) is 0 Å². The molecule has 1 rings (SSSR count). The maximum atomic E-state index is 9.60. The average Bonchev–Trinajstić information content (AvgIpc) is 2.32. The summed E-state index contributed by atoms with van der Waals surface area (Å²) in [5.74, 6) is 0. The molecule has 0 saturated carbocycles. The van der Waals surface area contributed by atoms with Crippen LogP contribution in [0.2, 0.25) is 0 Å². The van der Waals surface area contributed by atoms with Crippen LogP contribution in [-0.2, 0) is 9.53 Å². The largest absolute Gasteiger partial charge is 0.462 e. The van der Waals surface area contributed by atoms with E-state index in [0.29, 0.717) is 6.47 Å². The minimum atomic E-state index is -0.318. The molecule has 1 aliphatic heterocycles. The first-order chi connectivity index (χ1) is 6.56. The van der Waals surface area contributed by atoms with Crippen molar-refractivity contribution in [1.82, 2.24) is 5.32 Å². The Morgan fingerprint density at radius 1 is 1.07 bits per heavy atom. The lowest BCUT2D eigenvalue weighted by atomic mass is 10.2. The van der Waals surface area contributed by atoms with Crippen LogP contribution in [0.5, 0.6) is 0 Å². The number of carbonyl (C=O) groups is 1. The zero-order chi connectivity index (χ0) is 10.9. The van der Waals surface area contributed by atoms with Crippen molar-refractivity contribution >= 4 is 6.47 Å². The Kier molecular flexibility index (Phi) is 7.48. The molecule has 0 amide bonds. The molecule has 0 radical (unpaired) electrons. The molecule has 0 atom stereocenters. The Morgan fingerprint density at radius 2 is 1.57 bits per heavy atom. The summed E-state index contributed by atoms with van der Waals surface area (Å²) in [5.41, 5.74) is -0.318. The first-order valence-electron chi connectivity index (χ1n) is 5.38. The van der Waals surface area contributed by atoms with E-state index >= 15 is 0 Å². The minimum Gasteiger partial charge on any atom is -0.462 e. The average molecular weight is 201 g/mol. The van der Waals surface area contributed by atoms with Crippen molar-refractivity contribution in [3.63, 3.8) is 0 Å². The summed E-state index contributed by atoms with van der Waals surface area (Å²) in [7, 11) is 0. The van der Waals surface area contributed by atoms with Crippen LogP contribution in [0.3, 0.4) is 0 Å². The molecule has 0 aromatic heterocycles. The van der Waals surface area contributed by atoms with Crippen LogP contribution < -0.4 is 5.32 Å². The fourth-order valence-corrected chi connectivity index (χ4v) is 1.12. The van der Waals surface area contributed by atoms with Crippen molar-refractivity contribution in [2.75, 3.05) is 13.1 Å². The number of rotatable bonds is 1. The third-order valence-electron chi connectivity index (χ3n) is 1.86. The van der Waals surface area contributed by atoms with E-state index in [1.54, 1.807) is 0 Å². The molecule has 1 fully saturated rings. The summed E-state index contributed by atoms with van der Waals surface area (Å²) in [4.78, 5) is 9.60. The molecule has 3 heteroatoms. The molecule has 0 aromatic rings. The number of nitrogens with one attached hydrogen (secondary N) is 1. The van der Waals surface area contributed by atoms with Gasteiger partial charge in [-0.05, 0) is 46.7 Å². The quantitative estimate of drug-likeness (QED) is 0.660. The van der Waals surface area contributed by atoms with Gasteiger partial charge in [-0.25, -0.2) is 0 Å². The fourth-order valence-electron chi connectivity index (χ4n) is 1.12. The topological polar surface area (TPSA) is 38.3 Å². The Morgan fingerprint density at radius 3 is 1.86 bits per heavy atom. The van der Waals surface area contributed by atoms with E-state index in [1.165, 1.54) is 38.8 Å². The van der Waals surface area contributed by atoms with Crippen LogP contribution in [0, 0.1) is 0 Å². The van der Waals surface area contributed by atoms with Crippen molar-refractivity contribution in [1.29, 1.82) is 0 Å². The van der Waals surface area contributed by atoms with Crippen LogP contribution >= 0.6 is 0 Å². The molecule has 1 aliphatic rings. The third-order valence-corrected chi connectivity index (χ3v) is 1.86. The summed E-state index contributed by atoms with van der Waals surface area (Å²) in [6, 6.07) is 0. The first-order valence-corrected chi connectivity index (χ1v) is 5.38. The zero-order valence-corrected chi connectivity index (χ0v) is 9.64. The highest BCUT2D eigenvalue weighted by Gasteiger charge is 2.07. The molecule has 3 nitrogen and oxygen atoms in total. The van der Waals surface area contributed by atoms with Gasteiger partial charge in [0.2, 0.25) is 0 Å². The zero-order valence-electron chi connectivity index (χ0n) is 9.64. The van der Waals surface area contributed by atoms with Gasteiger partial charge >= 0.3 is 0 Å². The number of carbonyl (C=O) groups excluding carboxylic acids is 1. The van der Waals surface area contributed by atoms with Gasteiger partial charge in [-0.3, -0.25) is 4.79 Å². The monoisotopic (exact) mass is 201 g/mol. The maximum absolute atomic E-state index is 9.60. The van der Waals surface area contributed by atoms with E-state index in [1.807, 2.05) is 20.8 Å². The lowest BCUT2D eigenvalue weighted by molar-refractivity contribution is -0.138. The highest BCUT2D eigenvalue weighted by Crippen LogP contribution is 2.02. The predicted octanol–water partition coefficient (Wildman–Crippen LogP) is 2.11. The Hall–Kier alpha value is -0.570. The minimum absolute atomic E-state index is 0.318. The van der Waals surface area contributed by atoms with Gasteiger partial charge in [0.05, 0.1) is 0 Å². The Labute approximate surface area is 87.2 Å². The SMILES string of the molecule is C1CCCNCC1.CC(C)(C)OC=O. The van der Waals surface area contributed by atoms with Gasteiger partial charge in [-0.2, -0.15) is 0 Å². The molecular formula is C11H23NO2. The molecule has 0 aliphatic carbocycles. The van der Waals surface area contributed by atoms with Gasteiger partial charge in [0.1, 0.15) is 5.60 Å². The van der Waals surface area contributed by atoms with Crippen molar-refractivity contribution < 1.29 is 9.53 Å². The van der Waals surface area contributed by atoms with E-state index in [9.17, 15) is 4.79 Å². The molecule has 1 N–H and O–H groups in total. The lowest BCUT2D eigenvalue weighted by Gasteiger charge is -2.14. The Bertz CT molecular complexity index is 121. The van der Waals surface area contributed by atoms with Gasteiger partial charge in [-0.15, -0.1) is 0 Å². The molecule has 0 unspecified atom stereocenters. The standard InChI is InChI=1S/C6H13N.C5H10O2/c1-2-4-6-7-5-3-1;1-5(2,3)7-4-6/h7H,1-6H2;4H,1-3H3. The predicted molar refractivity (Wildman–Crippen MR) is 58.2 cm³/mol. The first kappa shape index (κ1) is 13.4. The summed E-state index contributed by atoms with van der Waals surface area (Å²) in [5, 5.41) is 3.35. The maximum Gasteiger partial charge on any atom is 0.293 e. The van der Waals surface area contributed by atoms with Crippen LogP contribution in [0.15, 0.2) is 0 Å². The molecule has 0 bridgehead atoms. The van der Waals surface area contributed by atoms with E-state index in [2.05, 4.69) is 10.1 Å². The molecule has 14 heavy (non-hydrogen) atoms. The second-order valence-electron chi connectivity index (χ2n) is 4.49. The van der Waals surface area contributed by atoms with Crippen molar-refractivity contribution in [2.45, 2.75) is 52.1 Å². The van der Waals surface area contributed by atoms with E-state index in [0.717, 1.165) is 0 Å².